The number of nitrogens with zero attached hydrogens (tertiary/aromatic N) is 4. The molecule has 0 aliphatic rings. The first-order valence-electron chi connectivity index (χ1n) is 8.14. The van der Waals surface area contributed by atoms with Crippen molar-refractivity contribution in [1.82, 2.24) is 14.6 Å². The van der Waals surface area contributed by atoms with Crippen molar-refractivity contribution in [3.8, 4) is 0 Å². The summed E-state index contributed by atoms with van der Waals surface area (Å²) in [4.78, 5) is 20.2. The SMILES string of the molecule is Cc1ccc2nc(N(Cc3ccccc3)C(=O)c3snnc3C)sc2c1. The third-order valence-corrected chi connectivity index (χ3v) is 5.90. The predicted molar refractivity (Wildman–Crippen MR) is 106 cm³/mol. The van der Waals surface area contributed by atoms with Crippen molar-refractivity contribution in [3.05, 3.63) is 70.2 Å². The number of amides is 1. The first kappa shape index (κ1) is 16.8. The molecule has 0 atom stereocenters. The number of hydrogen-bond acceptors (Lipinski definition) is 6. The predicted octanol–water partition coefficient (Wildman–Crippen LogP) is 4.61. The summed E-state index contributed by atoms with van der Waals surface area (Å²) in [6.07, 6.45) is 0. The van der Waals surface area contributed by atoms with Crippen LogP contribution in [0.25, 0.3) is 10.2 Å². The Hall–Kier alpha value is -2.64. The van der Waals surface area contributed by atoms with Gasteiger partial charge in [-0.05, 0) is 48.6 Å². The lowest BCUT2D eigenvalue weighted by atomic mass is 10.2. The van der Waals surface area contributed by atoms with Crippen molar-refractivity contribution in [1.29, 1.82) is 0 Å². The molecule has 7 heteroatoms. The fourth-order valence-corrected chi connectivity index (χ4v) is 4.35. The molecule has 0 saturated heterocycles. The third kappa shape index (κ3) is 3.23. The van der Waals surface area contributed by atoms with Crippen molar-refractivity contribution >= 4 is 44.1 Å². The lowest BCUT2D eigenvalue weighted by molar-refractivity contribution is 0.0988. The number of carbonyl (C=O) groups is 1. The fraction of sp³-hybridized carbons (Fsp3) is 0.158. The molecular weight excluding hydrogens is 364 g/mol. The van der Waals surface area contributed by atoms with Gasteiger partial charge in [-0.2, -0.15) is 0 Å². The van der Waals surface area contributed by atoms with Gasteiger partial charge >= 0.3 is 0 Å². The van der Waals surface area contributed by atoms with E-state index in [0.717, 1.165) is 27.3 Å². The van der Waals surface area contributed by atoms with Gasteiger partial charge in [0, 0.05) is 0 Å². The molecule has 2 aromatic carbocycles. The van der Waals surface area contributed by atoms with E-state index < -0.39 is 0 Å². The Morgan fingerprint density at radius 3 is 2.65 bits per heavy atom. The quantitative estimate of drug-likeness (QED) is 0.519. The van der Waals surface area contributed by atoms with Crippen LogP contribution in [0, 0.1) is 13.8 Å². The minimum atomic E-state index is -0.114. The lowest BCUT2D eigenvalue weighted by Crippen LogP contribution is -2.30. The Bertz CT molecular complexity index is 1070. The molecule has 0 fully saturated rings. The van der Waals surface area contributed by atoms with Crippen LogP contribution in [0.4, 0.5) is 5.13 Å². The molecule has 0 radical (unpaired) electrons. The zero-order valence-electron chi connectivity index (χ0n) is 14.3. The molecule has 1 amide bonds. The van der Waals surface area contributed by atoms with E-state index >= 15 is 0 Å². The number of anilines is 1. The molecule has 130 valence electrons. The van der Waals surface area contributed by atoms with Crippen LogP contribution in [0.15, 0.2) is 48.5 Å². The molecule has 26 heavy (non-hydrogen) atoms. The number of thiazole rings is 1. The van der Waals surface area contributed by atoms with Gasteiger partial charge < -0.3 is 0 Å². The van der Waals surface area contributed by atoms with E-state index in [2.05, 4.69) is 22.6 Å². The highest BCUT2D eigenvalue weighted by Crippen LogP contribution is 2.32. The number of fused-ring (bicyclic) bond motifs is 1. The second-order valence-corrected chi connectivity index (χ2v) is 7.80. The van der Waals surface area contributed by atoms with Gasteiger partial charge in [-0.1, -0.05) is 52.2 Å². The van der Waals surface area contributed by atoms with Gasteiger partial charge in [0.1, 0.15) is 4.88 Å². The van der Waals surface area contributed by atoms with E-state index in [1.54, 1.807) is 11.8 Å². The summed E-state index contributed by atoms with van der Waals surface area (Å²) < 4.78 is 4.98. The average molecular weight is 380 g/mol. The van der Waals surface area contributed by atoms with Crippen LogP contribution < -0.4 is 4.90 Å². The van der Waals surface area contributed by atoms with Crippen LogP contribution in [-0.4, -0.2) is 20.5 Å². The topological polar surface area (TPSA) is 59.0 Å². The minimum Gasteiger partial charge on any atom is -0.279 e. The van der Waals surface area contributed by atoms with E-state index in [1.165, 1.54) is 16.9 Å². The van der Waals surface area contributed by atoms with Crippen LogP contribution in [0.5, 0.6) is 0 Å². The second kappa shape index (κ2) is 6.93. The van der Waals surface area contributed by atoms with Crippen LogP contribution in [0.1, 0.15) is 26.5 Å². The van der Waals surface area contributed by atoms with Crippen molar-refractivity contribution in [2.45, 2.75) is 20.4 Å². The zero-order valence-corrected chi connectivity index (χ0v) is 16.0. The molecule has 0 aliphatic carbocycles. The van der Waals surface area contributed by atoms with Crippen molar-refractivity contribution in [3.63, 3.8) is 0 Å². The molecule has 0 N–H and O–H groups in total. The monoisotopic (exact) mass is 380 g/mol. The fourth-order valence-electron chi connectivity index (χ4n) is 2.68. The Labute approximate surface area is 159 Å². The maximum Gasteiger partial charge on any atom is 0.274 e. The number of hydrogen-bond donors (Lipinski definition) is 0. The van der Waals surface area contributed by atoms with Gasteiger partial charge in [0.05, 0.1) is 22.5 Å². The van der Waals surface area contributed by atoms with Gasteiger partial charge in [0.25, 0.3) is 5.91 Å². The van der Waals surface area contributed by atoms with E-state index in [9.17, 15) is 4.79 Å². The summed E-state index contributed by atoms with van der Waals surface area (Å²) in [5.74, 6) is -0.114. The Morgan fingerprint density at radius 1 is 1.12 bits per heavy atom. The molecule has 2 heterocycles. The normalized spacial score (nSPS) is 11.0. The number of aromatic nitrogens is 3. The van der Waals surface area contributed by atoms with Crippen LogP contribution in [0.3, 0.4) is 0 Å². The molecule has 0 bridgehead atoms. The minimum absolute atomic E-state index is 0.114. The van der Waals surface area contributed by atoms with Gasteiger partial charge in [-0.15, -0.1) is 5.10 Å². The molecule has 0 saturated carbocycles. The van der Waals surface area contributed by atoms with E-state index in [4.69, 9.17) is 4.98 Å². The van der Waals surface area contributed by atoms with Crippen LogP contribution >= 0.6 is 22.9 Å². The standard InChI is InChI=1S/C19H16N4OS2/c1-12-8-9-15-16(10-12)25-19(20-15)23(11-14-6-4-3-5-7-14)18(24)17-13(2)21-22-26-17/h3-10H,11H2,1-2H3. The first-order valence-corrected chi connectivity index (χ1v) is 9.73. The summed E-state index contributed by atoms with van der Waals surface area (Å²) in [5.41, 5.74) is 3.78. The van der Waals surface area contributed by atoms with Gasteiger partial charge in [-0.3, -0.25) is 9.69 Å². The largest absolute Gasteiger partial charge is 0.279 e. The highest BCUT2D eigenvalue weighted by atomic mass is 32.1. The maximum absolute atomic E-state index is 13.2. The first-order chi connectivity index (χ1) is 12.6. The number of rotatable bonds is 4. The zero-order chi connectivity index (χ0) is 18.1. The second-order valence-electron chi connectivity index (χ2n) is 6.03. The third-order valence-electron chi connectivity index (χ3n) is 4.04. The van der Waals surface area contributed by atoms with Crippen molar-refractivity contribution < 1.29 is 4.79 Å². The van der Waals surface area contributed by atoms with E-state index in [-0.39, 0.29) is 5.91 Å². The Kier molecular flexibility index (Phi) is 4.48. The highest BCUT2D eigenvalue weighted by Gasteiger charge is 2.25. The molecule has 4 aromatic rings. The van der Waals surface area contributed by atoms with Gasteiger partial charge in [0.2, 0.25) is 0 Å². The summed E-state index contributed by atoms with van der Waals surface area (Å²) in [5, 5.41) is 4.67. The number of aryl methyl sites for hydroxylation is 2. The summed E-state index contributed by atoms with van der Waals surface area (Å²) in [7, 11) is 0. The van der Waals surface area contributed by atoms with Crippen molar-refractivity contribution in [2.75, 3.05) is 4.90 Å². The number of benzene rings is 2. The van der Waals surface area contributed by atoms with Crippen molar-refractivity contribution in [2.24, 2.45) is 0 Å². The Morgan fingerprint density at radius 2 is 1.92 bits per heavy atom. The maximum atomic E-state index is 13.2. The summed E-state index contributed by atoms with van der Waals surface area (Å²) in [6.45, 7) is 4.31. The molecule has 2 aromatic heterocycles. The average Bonchev–Trinajstić information content (AvgIpc) is 3.25. The van der Waals surface area contributed by atoms with E-state index in [1.807, 2.05) is 42.5 Å². The van der Waals surface area contributed by atoms with Gasteiger partial charge in [-0.25, -0.2) is 4.98 Å². The summed E-state index contributed by atoms with van der Waals surface area (Å²) in [6, 6.07) is 16.1. The molecular formula is C19H16N4OS2. The summed E-state index contributed by atoms with van der Waals surface area (Å²) >= 11 is 2.65. The van der Waals surface area contributed by atoms with Crippen LogP contribution in [-0.2, 0) is 6.54 Å². The van der Waals surface area contributed by atoms with Crippen LogP contribution in [0.2, 0.25) is 0 Å². The Balaban J connectivity index is 1.78. The van der Waals surface area contributed by atoms with Gasteiger partial charge in [0.15, 0.2) is 5.13 Å². The highest BCUT2D eigenvalue weighted by molar-refractivity contribution is 7.22. The lowest BCUT2D eigenvalue weighted by Gasteiger charge is -2.19. The smallest absolute Gasteiger partial charge is 0.274 e. The molecule has 0 spiro atoms. The molecule has 0 aliphatic heterocycles. The molecule has 5 nitrogen and oxygen atoms in total. The molecule has 4 rings (SSSR count). The number of carbonyl (C=O) groups excluding carboxylic acids is 1. The van der Waals surface area contributed by atoms with E-state index in [0.29, 0.717) is 22.2 Å². The molecule has 0 unspecified atom stereocenters.